The van der Waals surface area contributed by atoms with Gasteiger partial charge in [0.25, 0.3) is 11.8 Å². The van der Waals surface area contributed by atoms with Crippen molar-refractivity contribution in [3.8, 4) is 11.5 Å². The van der Waals surface area contributed by atoms with Gasteiger partial charge in [-0.15, -0.1) is 0 Å². The number of nitrogens with one attached hydrogen (secondary N) is 1. The summed E-state index contributed by atoms with van der Waals surface area (Å²) >= 11 is 6.33. The lowest BCUT2D eigenvalue weighted by molar-refractivity contribution is -0.138. The van der Waals surface area contributed by atoms with Gasteiger partial charge in [-0.3, -0.25) is 29.5 Å². The van der Waals surface area contributed by atoms with E-state index in [1.54, 1.807) is 36.4 Å². The third-order valence-corrected chi connectivity index (χ3v) is 11.4. The van der Waals surface area contributed by atoms with Gasteiger partial charge in [-0.25, -0.2) is 9.18 Å². The van der Waals surface area contributed by atoms with Crippen molar-refractivity contribution in [2.24, 2.45) is 23.7 Å². The Kier molecular flexibility index (Phi) is 8.10. The lowest BCUT2D eigenvalue weighted by Gasteiger charge is -2.50. The minimum absolute atomic E-state index is 0.0166. The van der Waals surface area contributed by atoms with Crippen molar-refractivity contribution >= 4 is 52.6 Å². The van der Waals surface area contributed by atoms with Crippen molar-refractivity contribution in [2.75, 3.05) is 17.4 Å². The van der Waals surface area contributed by atoms with Crippen LogP contribution in [-0.2, 0) is 24.6 Å². The molecule has 0 aromatic heterocycles. The molecule has 8 rings (SSSR count). The van der Waals surface area contributed by atoms with E-state index in [2.05, 4.69) is 5.43 Å². The molecule has 2 aliphatic carbocycles. The normalized spacial score (nSPS) is 26.2. The number of aromatic hydroxyl groups is 1. The average molecular weight is 736 g/mol. The molecule has 4 amide bonds. The second-order valence-electron chi connectivity index (χ2n) is 13.7. The van der Waals surface area contributed by atoms with Gasteiger partial charge in [-0.05, 0) is 85.0 Å². The molecule has 3 N–H and O–H groups in total. The van der Waals surface area contributed by atoms with Crippen molar-refractivity contribution < 1.29 is 43.3 Å². The maximum atomic E-state index is 15.2. The number of imide groups is 2. The number of methoxy groups -OCH3 is 1. The van der Waals surface area contributed by atoms with Crippen LogP contribution in [0.4, 0.5) is 15.8 Å². The van der Waals surface area contributed by atoms with Crippen LogP contribution in [0.5, 0.6) is 11.5 Å². The molecule has 0 spiro atoms. The van der Waals surface area contributed by atoms with Gasteiger partial charge in [0, 0.05) is 22.6 Å². The fourth-order valence-corrected chi connectivity index (χ4v) is 9.05. The standard InChI is InChI=1S/C40H31ClFN3O8/c1-53-26-13-14-28(32(46)18-26)34-27-15-16-29-33(37(49)44(35(29)47)25-4-2-3-20(17-25)38(50)51)30(27)19-31-36(48)45(43-24-11-9-23(42)10-12-24)39(52)40(31,34)21-5-7-22(41)8-6-21/h2-15,17-18,29-31,33-34,43,46H,16,19H2,1H3,(H,50,51)/t29-,30+,31-,33-,34+,40+/m0/s1. The molecular weight excluding hydrogens is 705 g/mol. The van der Waals surface area contributed by atoms with E-state index >= 15 is 4.79 Å². The summed E-state index contributed by atoms with van der Waals surface area (Å²) in [4.78, 5) is 71.3. The number of fused-ring (bicyclic) bond motifs is 4. The van der Waals surface area contributed by atoms with Crippen molar-refractivity contribution in [3.05, 3.63) is 130 Å². The Hall–Kier alpha value is -6.01. The number of phenolic OH excluding ortho intramolecular Hbond substituents is 1. The van der Waals surface area contributed by atoms with Crippen LogP contribution < -0.4 is 15.1 Å². The molecule has 2 heterocycles. The fourth-order valence-electron chi connectivity index (χ4n) is 8.93. The molecular formula is C40H31ClFN3O8. The van der Waals surface area contributed by atoms with E-state index in [1.807, 2.05) is 6.08 Å². The molecule has 4 aromatic rings. The predicted molar refractivity (Wildman–Crippen MR) is 190 cm³/mol. The Labute approximate surface area is 307 Å². The van der Waals surface area contributed by atoms with Crippen molar-refractivity contribution in [1.29, 1.82) is 0 Å². The zero-order valence-electron chi connectivity index (χ0n) is 28.0. The first-order valence-corrected chi connectivity index (χ1v) is 17.3. The third-order valence-electron chi connectivity index (χ3n) is 11.2. The van der Waals surface area contributed by atoms with Gasteiger partial charge in [-0.2, -0.15) is 5.01 Å². The number of carboxylic acids is 1. The zero-order chi connectivity index (χ0) is 37.3. The zero-order valence-corrected chi connectivity index (χ0v) is 28.8. The van der Waals surface area contributed by atoms with Crippen LogP contribution in [0.1, 0.15) is 40.2 Å². The molecule has 53 heavy (non-hydrogen) atoms. The van der Waals surface area contributed by atoms with Crippen LogP contribution in [0, 0.1) is 29.5 Å². The number of ether oxygens (including phenoxy) is 1. The number of nitrogens with zero attached hydrogens (tertiary/aromatic N) is 2. The van der Waals surface area contributed by atoms with Crippen LogP contribution in [0.15, 0.2) is 103 Å². The van der Waals surface area contributed by atoms with Crippen LogP contribution in [0.3, 0.4) is 0 Å². The smallest absolute Gasteiger partial charge is 0.335 e. The van der Waals surface area contributed by atoms with Gasteiger partial charge in [0.2, 0.25) is 11.8 Å². The number of carboxylic acid groups (broad SMARTS) is 1. The highest BCUT2D eigenvalue weighted by molar-refractivity contribution is 6.30. The van der Waals surface area contributed by atoms with E-state index < -0.39 is 70.4 Å². The lowest BCUT2D eigenvalue weighted by atomic mass is 9.49. The molecule has 2 saturated heterocycles. The Morgan fingerprint density at radius 1 is 0.925 bits per heavy atom. The number of rotatable bonds is 7. The number of carbonyl (C=O) groups is 5. The third kappa shape index (κ3) is 5.11. The quantitative estimate of drug-likeness (QED) is 0.151. The maximum Gasteiger partial charge on any atom is 0.335 e. The molecule has 3 fully saturated rings. The highest BCUT2D eigenvalue weighted by Crippen LogP contribution is 2.65. The molecule has 0 bridgehead atoms. The maximum absolute atomic E-state index is 15.2. The fraction of sp³-hybridized carbons (Fsp3) is 0.225. The summed E-state index contributed by atoms with van der Waals surface area (Å²) in [6.45, 7) is 0. The van der Waals surface area contributed by atoms with E-state index in [9.17, 15) is 33.8 Å². The van der Waals surface area contributed by atoms with E-state index in [-0.39, 0.29) is 35.5 Å². The van der Waals surface area contributed by atoms with Crippen LogP contribution in [-0.4, -0.2) is 51.9 Å². The number of benzene rings is 4. The van der Waals surface area contributed by atoms with Crippen LogP contribution in [0.2, 0.25) is 5.02 Å². The van der Waals surface area contributed by atoms with Crippen LogP contribution in [0.25, 0.3) is 0 Å². The highest BCUT2D eigenvalue weighted by atomic mass is 35.5. The monoisotopic (exact) mass is 735 g/mol. The van der Waals surface area contributed by atoms with Crippen molar-refractivity contribution in [3.63, 3.8) is 0 Å². The number of amides is 4. The topological polar surface area (TPSA) is 154 Å². The van der Waals surface area contributed by atoms with Gasteiger partial charge in [0.05, 0.1) is 47.2 Å². The number of hydrogen-bond acceptors (Lipinski definition) is 8. The number of halogens is 2. The Morgan fingerprint density at radius 3 is 2.34 bits per heavy atom. The van der Waals surface area contributed by atoms with Gasteiger partial charge in [-0.1, -0.05) is 47.5 Å². The van der Waals surface area contributed by atoms with Gasteiger partial charge < -0.3 is 14.9 Å². The molecule has 2 aliphatic heterocycles. The summed E-state index contributed by atoms with van der Waals surface area (Å²) in [5.74, 6) is -8.55. The Bertz CT molecular complexity index is 2260. The highest BCUT2D eigenvalue weighted by Gasteiger charge is 2.70. The van der Waals surface area contributed by atoms with E-state index in [0.717, 1.165) is 9.91 Å². The summed E-state index contributed by atoms with van der Waals surface area (Å²) in [6, 6.07) is 22.0. The molecule has 4 aliphatic rings. The summed E-state index contributed by atoms with van der Waals surface area (Å²) in [7, 11) is 1.44. The first kappa shape index (κ1) is 34.1. The second kappa shape index (κ2) is 12.6. The minimum Gasteiger partial charge on any atom is -0.508 e. The molecule has 1 saturated carbocycles. The number of hydrazine groups is 1. The Morgan fingerprint density at radius 2 is 1.66 bits per heavy atom. The molecule has 13 heteroatoms. The molecule has 6 atom stereocenters. The van der Waals surface area contributed by atoms with Crippen LogP contribution >= 0.6 is 11.6 Å². The number of hydrogen-bond donors (Lipinski definition) is 3. The van der Waals surface area contributed by atoms with E-state index in [4.69, 9.17) is 16.3 Å². The van der Waals surface area contributed by atoms with Gasteiger partial charge in [0.15, 0.2) is 0 Å². The SMILES string of the molecule is COc1ccc([C@H]2C3=CC[C@@H]4C(=O)N(c5cccc(C(=O)O)c5)C(=O)[C@@H]4[C@@H]3C[C@H]3C(=O)N(Nc4ccc(F)cc4)C(=O)[C@@]23c2ccc(Cl)cc2)c(O)c1. The molecule has 11 nitrogen and oxygen atoms in total. The number of anilines is 2. The van der Waals surface area contributed by atoms with Crippen molar-refractivity contribution in [1.82, 2.24) is 5.01 Å². The first-order valence-electron chi connectivity index (χ1n) is 16.9. The van der Waals surface area contributed by atoms with Crippen molar-refractivity contribution in [2.45, 2.75) is 24.2 Å². The molecule has 268 valence electrons. The number of carbonyl (C=O) groups excluding carboxylic acids is 4. The summed E-state index contributed by atoms with van der Waals surface area (Å²) in [6.07, 6.45) is 1.94. The number of allylic oxidation sites excluding steroid dienone is 2. The Balaban J connectivity index is 1.32. The molecule has 4 aromatic carbocycles. The molecule has 0 radical (unpaired) electrons. The number of phenols is 1. The molecule has 0 unspecified atom stereocenters. The average Bonchev–Trinajstić information content (AvgIpc) is 3.53. The van der Waals surface area contributed by atoms with Gasteiger partial charge >= 0.3 is 5.97 Å². The van der Waals surface area contributed by atoms with E-state index in [1.165, 1.54) is 61.7 Å². The summed E-state index contributed by atoms with van der Waals surface area (Å²) < 4.78 is 19.2. The lowest BCUT2D eigenvalue weighted by Crippen LogP contribution is -2.53. The minimum atomic E-state index is -1.68. The number of aromatic carboxylic acids is 1. The van der Waals surface area contributed by atoms with E-state index in [0.29, 0.717) is 27.5 Å². The first-order chi connectivity index (χ1) is 25.4. The largest absolute Gasteiger partial charge is 0.508 e. The summed E-state index contributed by atoms with van der Waals surface area (Å²) in [5.41, 5.74) is 2.84. The second-order valence-corrected chi connectivity index (χ2v) is 14.1. The summed E-state index contributed by atoms with van der Waals surface area (Å²) in [5, 5.41) is 22.6. The predicted octanol–water partition coefficient (Wildman–Crippen LogP) is 6.08. The van der Waals surface area contributed by atoms with Gasteiger partial charge in [0.1, 0.15) is 17.3 Å².